The normalized spacial score (nSPS) is 32.3. The summed E-state index contributed by atoms with van der Waals surface area (Å²) in [6.45, 7) is 3.62. The minimum atomic E-state index is -0.696. The van der Waals surface area contributed by atoms with E-state index in [2.05, 4.69) is 15.3 Å². The zero-order valence-corrected chi connectivity index (χ0v) is 13.3. The van der Waals surface area contributed by atoms with Gasteiger partial charge in [-0.1, -0.05) is 0 Å². The first-order chi connectivity index (χ1) is 11.0. The molecule has 4 rings (SSSR count). The molecule has 2 aromatic heterocycles. The molecule has 124 valence electrons. The van der Waals surface area contributed by atoms with Gasteiger partial charge in [-0.05, 0) is 19.9 Å². The van der Waals surface area contributed by atoms with Gasteiger partial charge in [0.05, 0.1) is 12.0 Å². The highest BCUT2D eigenvalue weighted by molar-refractivity contribution is 5.87. The lowest BCUT2D eigenvalue weighted by atomic mass is 10.1. The van der Waals surface area contributed by atoms with E-state index in [9.17, 15) is 5.11 Å². The van der Waals surface area contributed by atoms with Gasteiger partial charge in [0.25, 0.3) is 0 Å². The summed E-state index contributed by atoms with van der Waals surface area (Å²) in [4.78, 5) is 8.58. The fraction of sp³-hybridized carbons (Fsp3) is 0.600. The molecular weight excluding hydrogens is 300 g/mol. The molecule has 2 fully saturated rings. The zero-order chi connectivity index (χ0) is 16.2. The van der Waals surface area contributed by atoms with Gasteiger partial charge in [0.15, 0.2) is 12.0 Å². The molecule has 8 nitrogen and oxygen atoms in total. The van der Waals surface area contributed by atoms with Crippen LogP contribution in [0.25, 0.3) is 11.0 Å². The number of ether oxygens (including phenoxy) is 3. The average Bonchev–Trinajstić information content (AvgIpc) is 3.17. The molecule has 4 atom stereocenters. The SMILES string of the molecule is CNc1ncnc2c1ccn2[C@@H]1O[C@H](CO)[C@H]2OC(C)(C)O[C@H]21. The molecule has 23 heavy (non-hydrogen) atoms. The average molecular weight is 320 g/mol. The fourth-order valence-corrected chi connectivity index (χ4v) is 3.41. The van der Waals surface area contributed by atoms with Gasteiger partial charge in [-0.3, -0.25) is 0 Å². The quantitative estimate of drug-likeness (QED) is 0.867. The van der Waals surface area contributed by atoms with E-state index in [1.807, 2.05) is 37.7 Å². The second kappa shape index (κ2) is 5.13. The van der Waals surface area contributed by atoms with Crippen LogP contribution in [0.3, 0.4) is 0 Å². The maximum absolute atomic E-state index is 9.59. The van der Waals surface area contributed by atoms with Gasteiger partial charge in [-0.2, -0.15) is 0 Å². The van der Waals surface area contributed by atoms with E-state index in [0.29, 0.717) is 0 Å². The molecular formula is C15H20N4O4. The van der Waals surface area contributed by atoms with Crippen molar-refractivity contribution in [3.05, 3.63) is 18.6 Å². The molecule has 0 bridgehead atoms. The van der Waals surface area contributed by atoms with E-state index in [4.69, 9.17) is 14.2 Å². The Hall–Kier alpha value is -1.74. The molecule has 0 unspecified atom stereocenters. The lowest BCUT2D eigenvalue weighted by Crippen LogP contribution is -2.31. The summed E-state index contributed by atoms with van der Waals surface area (Å²) in [5.41, 5.74) is 0.750. The monoisotopic (exact) mass is 320 g/mol. The van der Waals surface area contributed by atoms with Gasteiger partial charge in [0.2, 0.25) is 0 Å². The molecule has 4 heterocycles. The van der Waals surface area contributed by atoms with E-state index in [0.717, 1.165) is 16.9 Å². The first-order valence-corrected chi connectivity index (χ1v) is 7.65. The zero-order valence-electron chi connectivity index (χ0n) is 13.3. The van der Waals surface area contributed by atoms with Crippen LogP contribution in [0.5, 0.6) is 0 Å². The van der Waals surface area contributed by atoms with Gasteiger partial charge in [-0.25, -0.2) is 9.97 Å². The van der Waals surface area contributed by atoms with Gasteiger partial charge in [0.1, 0.15) is 36.1 Å². The molecule has 0 radical (unpaired) electrons. The molecule has 8 heteroatoms. The Labute approximate surface area is 133 Å². The Balaban J connectivity index is 1.76. The van der Waals surface area contributed by atoms with E-state index in [1.54, 1.807) is 0 Å². The summed E-state index contributed by atoms with van der Waals surface area (Å²) < 4.78 is 19.8. The molecule has 0 amide bonds. The van der Waals surface area contributed by atoms with Crippen molar-refractivity contribution in [2.75, 3.05) is 19.0 Å². The Bertz CT molecular complexity index is 731. The molecule has 0 aromatic carbocycles. The first kappa shape index (κ1) is 14.8. The van der Waals surface area contributed by atoms with E-state index in [1.165, 1.54) is 6.33 Å². The van der Waals surface area contributed by atoms with Gasteiger partial charge < -0.3 is 29.2 Å². The summed E-state index contributed by atoms with van der Waals surface area (Å²) in [6.07, 6.45) is 1.98. The number of aromatic nitrogens is 3. The largest absolute Gasteiger partial charge is 0.394 e. The van der Waals surface area contributed by atoms with Crippen LogP contribution in [-0.2, 0) is 14.2 Å². The molecule has 2 aromatic rings. The predicted octanol–water partition coefficient (Wildman–Crippen LogP) is 0.883. The highest BCUT2D eigenvalue weighted by Gasteiger charge is 2.55. The minimum Gasteiger partial charge on any atom is -0.394 e. The molecule has 2 saturated heterocycles. The summed E-state index contributed by atoms with van der Waals surface area (Å²) in [7, 11) is 1.82. The third-order valence-electron chi connectivity index (χ3n) is 4.33. The van der Waals surface area contributed by atoms with Crippen molar-refractivity contribution < 1.29 is 19.3 Å². The third kappa shape index (κ3) is 2.21. The second-order valence-corrected chi connectivity index (χ2v) is 6.25. The van der Waals surface area contributed by atoms with Crippen LogP contribution in [0.2, 0.25) is 0 Å². The van der Waals surface area contributed by atoms with E-state index >= 15 is 0 Å². The number of fused-ring (bicyclic) bond motifs is 2. The van der Waals surface area contributed by atoms with Crippen LogP contribution in [0.1, 0.15) is 20.1 Å². The Morgan fingerprint density at radius 2 is 2.09 bits per heavy atom. The number of rotatable bonds is 3. The Morgan fingerprint density at radius 1 is 1.30 bits per heavy atom. The molecule has 2 aliphatic heterocycles. The van der Waals surface area contributed by atoms with Crippen LogP contribution < -0.4 is 5.32 Å². The number of nitrogens with zero attached hydrogens (tertiary/aromatic N) is 3. The predicted molar refractivity (Wildman–Crippen MR) is 81.9 cm³/mol. The van der Waals surface area contributed by atoms with E-state index < -0.39 is 18.1 Å². The standard InChI is InChI=1S/C15H20N4O4/c1-15(2)22-10-9(6-20)21-14(11(10)23-15)19-5-4-8-12(16-3)17-7-18-13(8)19/h4-5,7,9-11,14,20H,6H2,1-3H3,(H,16,17,18)/t9-,10-,11-,14-/m1/s1. The van der Waals surface area contributed by atoms with Crippen molar-refractivity contribution >= 4 is 16.9 Å². The number of aliphatic hydroxyl groups is 1. The molecule has 0 spiro atoms. The van der Waals surface area contributed by atoms with Gasteiger partial charge >= 0.3 is 0 Å². The number of nitrogens with one attached hydrogen (secondary N) is 1. The number of hydrogen-bond donors (Lipinski definition) is 2. The Kier molecular flexibility index (Phi) is 3.31. The van der Waals surface area contributed by atoms with Crippen LogP contribution in [0, 0.1) is 0 Å². The topological polar surface area (TPSA) is 90.7 Å². The first-order valence-electron chi connectivity index (χ1n) is 7.65. The van der Waals surface area contributed by atoms with Gasteiger partial charge in [0, 0.05) is 13.2 Å². The van der Waals surface area contributed by atoms with Crippen LogP contribution >= 0.6 is 0 Å². The number of hydrogen-bond acceptors (Lipinski definition) is 7. The van der Waals surface area contributed by atoms with Crippen LogP contribution in [0.4, 0.5) is 5.82 Å². The summed E-state index contributed by atoms with van der Waals surface area (Å²) in [5, 5.41) is 13.5. The Morgan fingerprint density at radius 3 is 2.83 bits per heavy atom. The summed E-state index contributed by atoms with van der Waals surface area (Å²) in [5.74, 6) is 0.0599. The maximum atomic E-state index is 9.59. The summed E-state index contributed by atoms with van der Waals surface area (Å²) in [6, 6.07) is 1.94. The minimum absolute atomic E-state index is 0.118. The fourth-order valence-electron chi connectivity index (χ4n) is 3.41. The van der Waals surface area contributed by atoms with Gasteiger partial charge in [-0.15, -0.1) is 0 Å². The highest BCUT2D eigenvalue weighted by atomic mass is 16.8. The number of aliphatic hydroxyl groups excluding tert-OH is 1. The van der Waals surface area contributed by atoms with Crippen LogP contribution in [-0.4, -0.2) is 57.4 Å². The number of anilines is 1. The van der Waals surface area contributed by atoms with Crippen molar-refractivity contribution in [1.82, 2.24) is 14.5 Å². The summed E-state index contributed by atoms with van der Waals surface area (Å²) >= 11 is 0. The van der Waals surface area contributed by atoms with Crippen LogP contribution in [0.15, 0.2) is 18.6 Å². The van der Waals surface area contributed by atoms with E-state index in [-0.39, 0.29) is 18.8 Å². The van der Waals surface area contributed by atoms with Crippen molar-refractivity contribution in [2.24, 2.45) is 0 Å². The van der Waals surface area contributed by atoms with Crippen molar-refractivity contribution in [3.63, 3.8) is 0 Å². The lowest BCUT2D eigenvalue weighted by Gasteiger charge is -2.24. The van der Waals surface area contributed by atoms with Crippen molar-refractivity contribution in [2.45, 2.75) is 44.2 Å². The van der Waals surface area contributed by atoms with Crippen molar-refractivity contribution in [3.8, 4) is 0 Å². The van der Waals surface area contributed by atoms with Crippen molar-refractivity contribution in [1.29, 1.82) is 0 Å². The smallest absolute Gasteiger partial charge is 0.164 e. The molecule has 0 saturated carbocycles. The molecule has 2 aliphatic rings. The lowest BCUT2D eigenvalue weighted by molar-refractivity contribution is -0.199. The molecule has 2 N–H and O–H groups in total. The molecule has 0 aliphatic carbocycles. The maximum Gasteiger partial charge on any atom is 0.164 e. The highest BCUT2D eigenvalue weighted by Crippen LogP contribution is 2.43. The third-order valence-corrected chi connectivity index (χ3v) is 4.33. The second-order valence-electron chi connectivity index (χ2n) is 6.25.